The molecule has 0 amide bonds. The van der Waals surface area contributed by atoms with E-state index in [0.29, 0.717) is 5.15 Å². The summed E-state index contributed by atoms with van der Waals surface area (Å²) in [6.07, 6.45) is 3.57. The molecule has 0 aliphatic carbocycles. The van der Waals surface area contributed by atoms with Gasteiger partial charge in [-0.2, -0.15) is 0 Å². The Labute approximate surface area is 132 Å². The van der Waals surface area contributed by atoms with Crippen LogP contribution in [-0.2, 0) is 0 Å². The first-order valence-electron chi connectivity index (χ1n) is 6.97. The number of halogens is 1. The van der Waals surface area contributed by atoms with Gasteiger partial charge in [-0.1, -0.05) is 60.1 Å². The molecule has 0 bridgehead atoms. The maximum absolute atomic E-state index is 6.34. The van der Waals surface area contributed by atoms with Crippen LogP contribution in [0.4, 0.5) is 0 Å². The normalized spacial score (nSPS) is 11.0. The summed E-state index contributed by atoms with van der Waals surface area (Å²) in [7, 11) is 0. The van der Waals surface area contributed by atoms with Crippen LogP contribution < -0.4 is 0 Å². The number of fused-ring (bicyclic) bond motifs is 1. The second-order valence-electron chi connectivity index (χ2n) is 4.98. The molecule has 2 heterocycles. The first-order valence-corrected chi connectivity index (χ1v) is 7.35. The molecule has 0 saturated carbocycles. The highest BCUT2D eigenvalue weighted by molar-refractivity contribution is 6.34. The minimum absolute atomic E-state index is 0.455. The topological polar surface area (TPSA) is 30.7 Å². The van der Waals surface area contributed by atoms with Gasteiger partial charge in [-0.15, -0.1) is 0 Å². The van der Waals surface area contributed by atoms with Gasteiger partial charge in [0.25, 0.3) is 0 Å². The minimum Gasteiger partial charge on any atom is -0.312 e. The summed E-state index contributed by atoms with van der Waals surface area (Å²) in [6, 6.07) is 20.2. The fourth-order valence-corrected chi connectivity index (χ4v) is 2.87. The van der Waals surface area contributed by atoms with E-state index >= 15 is 0 Å². The van der Waals surface area contributed by atoms with Crippen molar-refractivity contribution in [3.05, 3.63) is 78.3 Å². The molecule has 4 rings (SSSR count). The maximum Gasteiger partial charge on any atom is 0.157 e. The molecule has 0 unspecified atom stereocenters. The number of rotatable bonds is 2. The van der Waals surface area contributed by atoms with Gasteiger partial charge in [0.15, 0.2) is 5.15 Å². The Morgan fingerprint density at radius 3 is 2.23 bits per heavy atom. The van der Waals surface area contributed by atoms with Gasteiger partial charge in [-0.05, 0) is 17.7 Å². The highest BCUT2D eigenvalue weighted by atomic mass is 35.5. The van der Waals surface area contributed by atoms with Crippen LogP contribution in [0.5, 0.6) is 0 Å². The van der Waals surface area contributed by atoms with E-state index in [2.05, 4.69) is 28.3 Å². The van der Waals surface area contributed by atoms with E-state index in [4.69, 9.17) is 11.6 Å². The van der Waals surface area contributed by atoms with Crippen molar-refractivity contribution < 1.29 is 0 Å². The van der Waals surface area contributed by atoms with E-state index in [1.54, 1.807) is 0 Å². The maximum atomic E-state index is 6.34. The Morgan fingerprint density at radius 1 is 0.818 bits per heavy atom. The Balaban J connectivity index is 2.07. The average molecular weight is 306 g/mol. The Morgan fingerprint density at radius 2 is 1.50 bits per heavy atom. The van der Waals surface area contributed by atoms with E-state index in [-0.39, 0.29) is 0 Å². The SMILES string of the molecule is Clc1ncnc2c(-c3ccccc3)cn(-c3ccccc3)c12. The van der Waals surface area contributed by atoms with Crippen LogP contribution in [0.15, 0.2) is 73.2 Å². The molecule has 0 fully saturated rings. The molecule has 0 atom stereocenters. The molecule has 0 spiro atoms. The number of benzene rings is 2. The molecule has 4 heteroatoms. The van der Waals surface area contributed by atoms with Crippen molar-refractivity contribution in [1.29, 1.82) is 0 Å². The molecule has 22 heavy (non-hydrogen) atoms. The fourth-order valence-electron chi connectivity index (χ4n) is 2.64. The molecule has 106 valence electrons. The number of nitrogens with zero attached hydrogens (tertiary/aromatic N) is 3. The predicted molar refractivity (Wildman–Crippen MR) is 89.3 cm³/mol. The Kier molecular flexibility index (Phi) is 3.13. The van der Waals surface area contributed by atoms with Gasteiger partial charge in [0.05, 0.1) is 0 Å². The van der Waals surface area contributed by atoms with E-state index < -0.39 is 0 Å². The van der Waals surface area contributed by atoms with Crippen LogP contribution in [0.1, 0.15) is 0 Å². The molecular weight excluding hydrogens is 294 g/mol. The predicted octanol–water partition coefficient (Wildman–Crippen LogP) is 4.74. The zero-order chi connectivity index (χ0) is 14.9. The number of para-hydroxylation sites is 1. The van der Waals surface area contributed by atoms with Gasteiger partial charge in [-0.3, -0.25) is 0 Å². The van der Waals surface area contributed by atoms with Crippen LogP contribution >= 0.6 is 11.6 Å². The molecule has 0 N–H and O–H groups in total. The van der Waals surface area contributed by atoms with Gasteiger partial charge in [0.2, 0.25) is 0 Å². The molecule has 0 aliphatic rings. The molecule has 0 radical (unpaired) electrons. The van der Waals surface area contributed by atoms with Gasteiger partial charge < -0.3 is 4.57 Å². The largest absolute Gasteiger partial charge is 0.312 e. The number of hydrogen-bond acceptors (Lipinski definition) is 2. The summed E-state index contributed by atoms with van der Waals surface area (Å²) >= 11 is 6.34. The monoisotopic (exact) mass is 305 g/mol. The van der Waals surface area contributed by atoms with Crippen LogP contribution in [0.3, 0.4) is 0 Å². The third-order valence-electron chi connectivity index (χ3n) is 3.65. The lowest BCUT2D eigenvalue weighted by molar-refractivity contribution is 1.11. The quantitative estimate of drug-likeness (QED) is 0.501. The van der Waals surface area contributed by atoms with Crippen LogP contribution in [0.25, 0.3) is 27.8 Å². The highest BCUT2D eigenvalue weighted by Crippen LogP contribution is 2.33. The molecule has 0 aliphatic heterocycles. The molecule has 4 aromatic rings. The molecule has 2 aromatic carbocycles. The summed E-state index contributed by atoms with van der Waals surface area (Å²) in [6.45, 7) is 0. The summed E-state index contributed by atoms with van der Waals surface area (Å²) < 4.78 is 2.04. The van der Waals surface area contributed by atoms with Crippen molar-refractivity contribution in [2.75, 3.05) is 0 Å². The van der Waals surface area contributed by atoms with Crippen molar-refractivity contribution >= 4 is 22.6 Å². The molecule has 2 aromatic heterocycles. The lowest BCUT2D eigenvalue weighted by Crippen LogP contribution is -1.93. The van der Waals surface area contributed by atoms with E-state index in [1.807, 2.05) is 53.1 Å². The van der Waals surface area contributed by atoms with Gasteiger partial charge in [0, 0.05) is 17.4 Å². The third-order valence-corrected chi connectivity index (χ3v) is 3.93. The Bertz CT molecular complexity index is 931. The van der Waals surface area contributed by atoms with Crippen molar-refractivity contribution in [1.82, 2.24) is 14.5 Å². The molecule has 3 nitrogen and oxygen atoms in total. The lowest BCUT2D eigenvalue weighted by Gasteiger charge is -2.04. The second-order valence-corrected chi connectivity index (χ2v) is 5.33. The third kappa shape index (κ3) is 2.07. The number of hydrogen-bond donors (Lipinski definition) is 0. The van der Waals surface area contributed by atoms with Crippen molar-refractivity contribution in [2.24, 2.45) is 0 Å². The van der Waals surface area contributed by atoms with Gasteiger partial charge in [-0.25, -0.2) is 9.97 Å². The van der Waals surface area contributed by atoms with Crippen molar-refractivity contribution in [2.45, 2.75) is 0 Å². The van der Waals surface area contributed by atoms with Gasteiger partial charge >= 0.3 is 0 Å². The summed E-state index contributed by atoms with van der Waals surface area (Å²) in [5.74, 6) is 0. The standard InChI is InChI=1S/C18H12ClN3/c19-18-17-16(20-12-21-18)15(13-7-3-1-4-8-13)11-22(17)14-9-5-2-6-10-14/h1-12H. The second kappa shape index (κ2) is 5.28. The molecular formula is C18H12ClN3. The first kappa shape index (κ1) is 13.0. The highest BCUT2D eigenvalue weighted by Gasteiger charge is 2.15. The number of aromatic nitrogens is 3. The van der Waals surface area contributed by atoms with Gasteiger partial charge in [0.1, 0.15) is 17.4 Å². The van der Waals surface area contributed by atoms with E-state index in [0.717, 1.165) is 27.8 Å². The smallest absolute Gasteiger partial charge is 0.157 e. The summed E-state index contributed by atoms with van der Waals surface area (Å²) in [5.41, 5.74) is 4.87. The van der Waals surface area contributed by atoms with E-state index in [1.165, 1.54) is 6.33 Å². The van der Waals surface area contributed by atoms with Crippen molar-refractivity contribution in [3.8, 4) is 16.8 Å². The lowest BCUT2D eigenvalue weighted by atomic mass is 10.1. The van der Waals surface area contributed by atoms with Crippen molar-refractivity contribution in [3.63, 3.8) is 0 Å². The zero-order valence-electron chi connectivity index (χ0n) is 11.6. The first-order chi connectivity index (χ1) is 10.8. The summed E-state index contributed by atoms with van der Waals surface area (Å²) in [5, 5.41) is 0.455. The minimum atomic E-state index is 0.455. The Hall–Kier alpha value is -2.65. The van der Waals surface area contributed by atoms with E-state index in [9.17, 15) is 0 Å². The average Bonchev–Trinajstić information content (AvgIpc) is 2.98. The molecule has 0 saturated heterocycles. The van der Waals surface area contributed by atoms with Crippen LogP contribution in [0, 0.1) is 0 Å². The zero-order valence-corrected chi connectivity index (χ0v) is 12.4. The summed E-state index contributed by atoms with van der Waals surface area (Å²) in [4.78, 5) is 8.58. The van der Waals surface area contributed by atoms with Crippen LogP contribution in [0.2, 0.25) is 5.15 Å². The fraction of sp³-hybridized carbons (Fsp3) is 0. The van der Waals surface area contributed by atoms with Crippen LogP contribution in [-0.4, -0.2) is 14.5 Å².